The number of hydrogen-bond acceptors (Lipinski definition) is 0. The van der Waals surface area contributed by atoms with E-state index in [-0.39, 0.29) is 21.7 Å². The van der Waals surface area contributed by atoms with E-state index in [1.807, 2.05) is 0 Å². The summed E-state index contributed by atoms with van der Waals surface area (Å²) in [6, 6.07) is 14.2. The van der Waals surface area contributed by atoms with E-state index in [0.29, 0.717) is 5.92 Å². The van der Waals surface area contributed by atoms with Gasteiger partial charge in [0.15, 0.2) is 0 Å². The fourth-order valence-corrected chi connectivity index (χ4v) is 4.58. The van der Waals surface area contributed by atoms with Crippen molar-refractivity contribution >= 4 is 0 Å². The maximum absolute atomic E-state index is 2.52. The zero-order chi connectivity index (χ0) is 24.0. The van der Waals surface area contributed by atoms with Gasteiger partial charge in [0.25, 0.3) is 0 Å². The van der Waals surface area contributed by atoms with Gasteiger partial charge in [-0.2, -0.15) is 0 Å². The second-order valence-electron chi connectivity index (χ2n) is 13.8. The molecule has 0 bridgehead atoms. The van der Waals surface area contributed by atoms with Gasteiger partial charge in [0.1, 0.15) is 0 Å². The van der Waals surface area contributed by atoms with Gasteiger partial charge >= 0.3 is 0 Å². The summed E-state index contributed by atoms with van der Waals surface area (Å²) in [7, 11) is 0. The van der Waals surface area contributed by atoms with E-state index in [1.165, 1.54) is 33.4 Å². The molecule has 0 heterocycles. The second-order valence-corrected chi connectivity index (χ2v) is 13.8. The van der Waals surface area contributed by atoms with E-state index in [2.05, 4.69) is 126 Å². The molecule has 1 atom stereocenters. The number of hydrogen-bond donors (Lipinski definition) is 0. The molecule has 0 saturated heterocycles. The van der Waals surface area contributed by atoms with Crippen LogP contribution >= 0.6 is 0 Å². The van der Waals surface area contributed by atoms with Gasteiger partial charge in [-0.1, -0.05) is 126 Å². The van der Waals surface area contributed by atoms with Crippen LogP contribution in [0.2, 0.25) is 0 Å². The highest BCUT2D eigenvalue weighted by Gasteiger charge is 2.32. The van der Waals surface area contributed by atoms with Crippen LogP contribution in [0.5, 0.6) is 0 Å². The van der Waals surface area contributed by atoms with Crippen LogP contribution in [0.4, 0.5) is 0 Å². The van der Waals surface area contributed by atoms with Crippen molar-refractivity contribution in [3.8, 4) is 0 Å². The Morgan fingerprint density at radius 2 is 1.10 bits per heavy atom. The first-order valence-corrected chi connectivity index (χ1v) is 12.1. The first kappa shape index (κ1) is 25.7. The highest BCUT2D eigenvalue weighted by Crippen LogP contribution is 2.43. The van der Waals surface area contributed by atoms with Gasteiger partial charge in [-0.05, 0) is 67.4 Å². The molecule has 0 saturated carbocycles. The molecular weight excluding hydrogens is 372 g/mol. The normalized spacial score (nSPS) is 14.6. The Morgan fingerprint density at radius 3 is 1.48 bits per heavy atom. The lowest BCUT2D eigenvalue weighted by atomic mass is 9.67. The van der Waals surface area contributed by atoms with Crippen LogP contribution in [-0.4, -0.2) is 0 Å². The quantitative estimate of drug-likeness (QED) is 0.464. The monoisotopic (exact) mass is 420 g/mol. The predicted octanol–water partition coefficient (Wildman–Crippen LogP) is 9.22. The summed E-state index contributed by atoms with van der Waals surface area (Å²) >= 11 is 0. The molecule has 0 fully saturated rings. The average Bonchev–Trinajstić information content (AvgIpc) is 2.57. The summed E-state index contributed by atoms with van der Waals surface area (Å²) in [6.07, 6.45) is 1.08. The van der Waals surface area contributed by atoms with Crippen molar-refractivity contribution < 1.29 is 0 Å². The van der Waals surface area contributed by atoms with Crippen molar-refractivity contribution in [2.24, 2.45) is 0 Å². The van der Waals surface area contributed by atoms with Crippen LogP contribution in [0.3, 0.4) is 0 Å². The first-order chi connectivity index (χ1) is 13.8. The van der Waals surface area contributed by atoms with E-state index in [1.54, 1.807) is 0 Å². The molecule has 2 rings (SSSR count). The lowest BCUT2D eigenvalue weighted by Gasteiger charge is -2.37. The van der Waals surface area contributed by atoms with Gasteiger partial charge in [-0.3, -0.25) is 0 Å². The van der Waals surface area contributed by atoms with Crippen LogP contribution in [0.15, 0.2) is 36.4 Å². The Kier molecular flexibility index (Phi) is 6.98. The fraction of sp³-hybridized carbons (Fsp3) is 0.613. The fourth-order valence-electron chi connectivity index (χ4n) is 4.58. The SMILES string of the molecule is CC(Cc1cccc(C(C)(C)C)c1)c1cc(C(C)(C)C)c(C(C)(C)C)c(C(C)(C)C)c1. The Hall–Kier alpha value is -1.56. The molecule has 31 heavy (non-hydrogen) atoms. The van der Waals surface area contributed by atoms with Crippen LogP contribution < -0.4 is 0 Å². The van der Waals surface area contributed by atoms with Gasteiger partial charge < -0.3 is 0 Å². The first-order valence-electron chi connectivity index (χ1n) is 12.1. The Morgan fingerprint density at radius 1 is 0.613 bits per heavy atom. The lowest BCUT2D eigenvalue weighted by molar-refractivity contribution is 0.495. The molecule has 0 aliphatic rings. The summed E-state index contributed by atoms with van der Waals surface area (Å²) in [5, 5.41) is 0. The summed E-state index contributed by atoms with van der Waals surface area (Å²) in [4.78, 5) is 0. The van der Waals surface area contributed by atoms with Crippen molar-refractivity contribution in [1.82, 2.24) is 0 Å². The van der Waals surface area contributed by atoms with Crippen LogP contribution in [0, 0.1) is 0 Å². The van der Waals surface area contributed by atoms with Crippen molar-refractivity contribution in [2.45, 2.75) is 124 Å². The molecule has 0 aliphatic heterocycles. The Labute approximate surface area is 193 Å². The minimum Gasteiger partial charge on any atom is -0.0617 e. The van der Waals surface area contributed by atoms with Crippen molar-refractivity contribution in [1.29, 1.82) is 0 Å². The van der Waals surface area contributed by atoms with Gasteiger partial charge in [0.2, 0.25) is 0 Å². The lowest BCUT2D eigenvalue weighted by Crippen LogP contribution is -2.28. The molecule has 0 amide bonds. The average molecular weight is 421 g/mol. The van der Waals surface area contributed by atoms with Crippen molar-refractivity contribution in [3.05, 3.63) is 69.8 Å². The van der Waals surface area contributed by atoms with E-state index in [0.717, 1.165) is 6.42 Å². The van der Waals surface area contributed by atoms with Gasteiger partial charge in [0, 0.05) is 0 Å². The standard InChI is InChI=1S/C31H48/c1-21(17-22-15-14-16-24(18-22)28(2,3)4)23-19-25(29(5,6)7)27(31(11,12)13)26(20-23)30(8,9)10/h14-16,18-21H,17H2,1-13H3. The number of rotatable bonds is 3. The summed E-state index contributed by atoms with van der Waals surface area (Å²) in [5.74, 6) is 0.478. The van der Waals surface area contributed by atoms with Crippen molar-refractivity contribution in [2.75, 3.05) is 0 Å². The molecule has 0 N–H and O–H groups in total. The minimum atomic E-state index is 0.116. The smallest absolute Gasteiger partial charge is 0.0126 e. The van der Waals surface area contributed by atoms with Crippen LogP contribution in [0.1, 0.15) is 129 Å². The third kappa shape index (κ3) is 6.24. The molecule has 1 unspecified atom stereocenters. The van der Waals surface area contributed by atoms with Crippen molar-refractivity contribution in [3.63, 3.8) is 0 Å². The predicted molar refractivity (Wildman–Crippen MR) is 140 cm³/mol. The molecule has 172 valence electrons. The summed E-state index contributed by atoms with van der Waals surface area (Å²) in [6.45, 7) is 30.6. The Balaban J connectivity index is 2.62. The van der Waals surface area contributed by atoms with E-state index < -0.39 is 0 Å². The summed E-state index contributed by atoms with van der Waals surface area (Å²) in [5.41, 5.74) is 9.44. The molecule has 0 radical (unpaired) electrons. The molecule has 0 aromatic heterocycles. The molecule has 0 spiro atoms. The molecule has 0 aliphatic carbocycles. The van der Waals surface area contributed by atoms with Gasteiger partial charge in [-0.15, -0.1) is 0 Å². The second kappa shape index (κ2) is 8.42. The minimum absolute atomic E-state index is 0.116. The topological polar surface area (TPSA) is 0 Å². The van der Waals surface area contributed by atoms with Gasteiger partial charge in [-0.25, -0.2) is 0 Å². The molecular formula is C31H48. The highest BCUT2D eigenvalue weighted by molar-refractivity contribution is 5.50. The van der Waals surface area contributed by atoms with E-state index >= 15 is 0 Å². The molecule has 2 aromatic carbocycles. The highest BCUT2D eigenvalue weighted by atomic mass is 14.4. The maximum Gasteiger partial charge on any atom is -0.0126 e. The van der Waals surface area contributed by atoms with Gasteiger partial charge in [0.05, 0.1) is 0 Å². The summed E-state index contributed by atoms with van der Waals surface area (Å²) < 4.78 is 0. The van der Waals surface area contributed by atoms with E-state index in [4.69, 9.17) is 0 Å². The maximum atomic E-state index is 2.52. The van der Waals surface area contributed by atoms with Crippen LogP contribution in [-0.2, 0) is 28.1 Å². The molecule has 2 aromatic rings. The van der Waals surface area contributed by atoms with E-state index in [9.17, 15) is 0 Å². The third-order valence-electron chi connectivity index (χ3n) is 6.43. The zero-order valence-corrected chi connectivity index (χ0v) is 22.7. The largest absolute Gasteiger partial charge is 0.0617 e. The molecule has 0 heteroatoms. The molecule has 0 nitrogen and oxygen atoms in total. The third-order valence-corrected chi connectivity index (χ3v) is 6.43. The number of benzene rings is 2. The van der Waals surface area contributed by atoms with Crippen LogP contribution in [0.25, 0.3) is 0 Å². The Bertz CT molecular complexity index is 864. The zero-order valence-electron chi connectivity index (χ0n) is 22.7.